The number of unbranched alkanes of at least 4 members (excludes halogenated alkanes) is 2. The number of hydrogen-bond acceptors (Lipinski definition) is 0. The lowest BCUT2D eigenvalue weighted by molar-refractivity contribution is -0.138. The Morgan fingerprint density at radius 2 is 1.76 bits per heavy atom. The summed E-state index contributed by atoms with van der Waals surface area (Å²) in [5, 5.41) is 0. The van der Waals surface area contributed by atoms with Crippen LogP contribution >= 0.6 is 0 Å². The van der Waals surface area contributed by atoms with E-state index in [0.29, 0.717) is 5.56 Å². The molecule has 96 valence electrons. The first-order valence-corrected chi connectivity index (χ1v) is 6.13. The van der Waals surface area contributed by atoms with Crippen LogP contribution in [0.25, 0.3) is 0 Å². The number of hydrogen-bond donors (Lipinski definition) is 0. The van der Waals surface area contributed by atoms with Gasteiger partial charge in [-0.3, -0.25) is 0 Å². The highest BCUT2D eigenvalue weighted by atomic mass is 19.4. The predicted molar refractivity (Wildman–Crippen MR) is 64.0 cm³/mol. The van der Waals surface area contributed by atoms with E-state index in [2.05, 4.69) is 6.92 Å². The molecule has 1 rings (SSSR count). The van der Waals surface area contributed by atoms with E-state index in [9.17, 15) is 13.2 Å². The molecule has 0 saturated carbocycles. The summed E-state index contributed by atoms with van der Waals surface area (Å²) < 4.78 is 38.4. The van der Waals surface area contributed by atoms with Crippen LogP contribution in [0.15, 0.2) is 24.3 Å². The summed E-state index contributed by atoms with van der Waals surface area (Å²) in [6, 6.07) is 5.90. The van der Waals surface area contributed by atoms with E-state index in [0.717, 1.165) is 25.7 Å². The molecule has 0 bridgehead atoms. The van der Waals surface area contributed by atoms with Crippen LogP contribution in [0.1, 0.15) is 56.6 Å². The second kappa shape index (κ2) is 6.08. The number of rotatable bonds is 5. The molecule has 0 spiro atoms. The molecule has 0 fully saturated rings. The number of benzene rings is 1. The number of halogens is 3. The summed E-state index contributed by atoms with van der Waals surface area (Å²) in [6.07, 6.45) is -0.257. The van der Waals surface area contributed by atoms with Gasteiger partial charge in [-0.25, -0.2) is 0 Å². The zero-order valence-electron chi connectivity index (χ0n) is 10.3. The highest BCUT2D eigenvalue weighted by Gasteiger charge is 2.33. The van der Waals surface area contributed by atoms with Gasteiger partial charge in [-0.15, -0.1) is 0 Å². The van der Waals surface area contributed by atoms with Crippen molar-refractivity contribution in [3.63, 3.8) is 0 Å². The largest absolute Gasteiger partial charge is 0.416 e. The van der Waals surface area contributed by atoms with E-state index in [4.69, 9.17) is 0 Å². The molecule has 0 N–H and O–H groups in total. The fourth-order valence-corrected chi connectivity index (χ4v) is 2.04. The van der Waals surface area contributed by atoms with Crippen LogP contribution in [0.4, 0.5) is 13.2 Å². The molecule has 0 aliphatic carbocycles. The SMILES string of the molecule is CCCCC[C@@H](C)c1ccccc1C(F)(F)F. The van der Waals surface area contributed by atoms with Gasteiger partial charge in [-0.2, -0.15) is 13.2 Å². The maximum absolute atomic E-state index is 12.8. The fourth-order valence-electron chi connectivity index (χ4n) is 2.04. The van der Waals surface area contributed by atoms with Crippen LogP contribution in [-0.4, -0.2) is 0 Å². The Labute approximate surface area is 101 Å². The molecule has 0 nitrogen and oxygen atoms in total. The molecule has 0 aliphatic rings. The van der Waals surface area contributed by atoms with Gasteiger partial charge in [0.15, 0.2) is 0 Å². The molecule has 1 atom stereocenters. The zero-order valence-corrected chi connectivity index (χ0v) is 10.3. The van der Waals surface area contributed by atoms with Crippen LogP contribution in [0.5, 0.6) is 0 Å². The Morgan fingerprint density at radius 3 is 2.35 bits per heavy atom. The van der Waals surface area contributed by atoms with Crippen molar-refractivity contribution >= 4 is 0 Å². The molecule has 0 unspecified atom stereocenters. The average molecular weight is 244 g/mol. The van der Waals surface area contributed by atoms with Crippen LogP contribution in [0.3, 0.4) is 0 Å². The summed E-state index contributed by atoms with van der Waals surface area (Å²) in [5.74, 6) is -0.0284. The first-order chi connectivity index (χ1) is 7.96. The van der Waals surface area contributed by atoms with E-state index in [1.807, 2.05) is 6.92 Å². The van der Waals surface area contributed by atoms with Gasteiger partial charge in [0.05, 0.1) is 5.56 Å². The lowest BCUT2D eigenvalue weighted by atomic mass is 9.91. The molecule has 1 aromatic carbocycles. The molecule has 0 heterocycles. The van der Waals surface area contributed by atoms with Crippen molar-refractivity contribution in [1.29, 1.82) is 0 Å². The van der Waals surface area contributed by atoms with Crippen LogP contribution < -0.4 is 0 Å². The Kier molecular flexibility index (Phi) is 5.03. The first-order valence-electron chi connectivity index (χ1n) is 6.13. The maximum Gasteiger partial charge on any atom is 0.416 e. The van der Waals surface area contributed by atoms with E-state index in [-0.39, 0.29) is 5.92 Å². The predicted octanol–water partition coefficient (Wildman–Crippen LogP) is 5.39. The van der Waals surface area contributed by atoms with Gasteiger partial charge >= 0.3 is 6.18 Å². The molecule has 0 radical (unpaired) electrons. The quantitative estimate of drug-likeness (QED) is 0.609. The Balaban J connectivity index is 2.82. The lowest BCUT2D eigenvalue weighted by Gasteiger charge is -2.18. The van der Waals surface area contributed by atoms with Gasteiger partial charge in [0.1, 0.15) is 0 Å². The lowest BCUT2D eigenvalue weighted by Crippen LogP contribution is -2.10. The Bertz CT molecular complexity index is 342. The first kappa shape index (κ1) is 14.1. The Hall–Kier alpha value is -0.990. The minimum Gasteiger partial charge on any atom is -0.166 e. The summed E-state index contributed by atoms with van der Waals surface area (Å²) in [6.45, 7) is 3.97. The third kappa shape index (κ3) is 4.06. The van der Waals surface area contributed by atoms with Crippen molar-refractivity contribution in [2.75, 3.05) is 0 Å². The molecular weight excluding hydrogens is 225 g/mol. The van der Waals surface area contributed by atoms with Crippen LogP contribution in [0, 0.1) is 0 Å². The van der Waals surface area contributed by atoms with Gasteiger partial charge in [-0.05, 0) is 24.0 Å². The van der Waals surface area contributed by atoms with Gasteiger partial charge in [0.25, 0.3) is 0 Å². The summed E-state index contributed by atoms with van der Waals surface area (Å²) in [5.41, 5.74) is -0.0555. The van der Waals surface area contributed by atoms with Crippen LogP contribution in [-0.2, 0) is 6.18 Å². The zero-order chi connectivity index (χ0) is 12.9. The molecule has 17 heavy (non-hydrogen) atoms. The standard InChI is InChI=1S/C14H19F3/c1-3-4-5-8-11(2)12-9-6-7-10-13(12)14(15,16)17/h6-7,9-11H,3-5,8H2,1-2H3/t11-/m1/s1. The van der Waals surface area contributed by atoms with Gasteiger partial charge in [0, 0.05) is 0 Å². The average Bonchev–Trinajstić information content (AvgIpc) is 2.28. The van der Waals surface area contributed by atoms with E-state index >= 15 is 0 Å². The number of alkyl halides is 3. The summed E-state index contributed by atoms with van der Waals surface area (Å²) in [4.78, 5) is 0. The smallest absolute Gasteiger partial charge is 0.166 e. The minimum atomic E-state index is -4.24. The topological polar surface area (TPSA) is 0 Å². The van der Waals surface area contributed by atoms with Gasteiger partial charge in [0.2, 0.25) is 0 Å². The van der Waals surface area contributed by atoms with E-state index in [1.54, 1.807) is 12.1 Å². The van der Waals surface area contributed by atoms with Crippen molar-refractivity contribution < 1.29 is 13.2 Å². The second-order valence-corrected chi connectivity index (χ2v) is 4.48. The van der Waals surface area contributed by atoms with Crippen molar-refractivity contribution in [2.45, 2.75) is 51.6 Å². The second-order valence-electron chi connectivity index (χ2n) is 4.48. The molecular formula is C14H19F3. The molecule has 0 saturated heterocycles. The summed E-state index contributed by atoms with van der Waals surface area (Å²) in [7, 11) is 0. The van der Waals surface area contributed by atoms with Crippen molar-refractivity contribution in [3.8, 4) is 0 Å². The molecule has 0 aromatic heterocycles. The third-order valence-corrected chi connectivity index (χ3v) is 3.04. The molecule has 0 aliphatic heterocycles. The highest BCUT2D eigenvalue weighted by molar-refractivity contribution is 5.32. The highest BCUT2D eigenvalue weighted by Crippen LogP contribution is 2.36. The Morgan fingerprint density at radius 1 is 1.12 bits per heavy atom. The van der Waals surface area contributed by atoms with E-state index < -0.39 is 11.7 Å². The van der Waals surface area contributed by atoms with E-state index in [1.165, 1.54) is 12.1 Å². The van der Waals surface area contributed by atoms with Crippen LogP contribution in [0.2, 0.25) is 0 Å². The van der Waals surface area contributed by atoms with Gasteiger partial charge in [-0.1, -0.05) is 51.3 Å². The normalized spacial score (nSPS) is 13.7. The molecule has 0 amide bonds. The summed E-state index contributed by atoms with van der Waals surface area (Å²) >= 11 is 0. The monoisotopic (exact) mass is 244 g/mol. The van der Waals surface area contributed by atoms with Gasteiger partial charge < -0.3 is 0 Å². The molecule has 1 aromatic rings. The van der Waals surface area contributed by atoms with Crippen molar-refractivity contribution in [3.05, 3.63) is 35.4 Å². The molecule has 3 heteroatoms. The van der Waals surface area contributed by atoms with Crippen molar-refractivity contribution in [2.24, 2.45) is 0 Å². The fraction of sp³-hybridized carbons (Fsp3) is 0.571. The third-order valence-electron chi connectivity index (χ3n) is 3.04. The van der Waals surface area contributed by atoms with Crippen molar-refractivity contribution in [1.82, 2.24) is 0 Å². The maximum atomic E-state index is 12.8. The minimum absolute atomic E-state index is 0.0284.